The second-order valence-corrected chi connectivity index (χ2v) is 13.5. The summed E-state index contributed by atoms with van der Waals surface area (Å²) in [6.07, 6.45) is 17.7. The van der Waals surface area contributed by atoms with Gasteiger partial charge in [0.05, 0.1) is 0 Å². The molecule has 3 saturated carbocycles. The maximum atomic E-state index is 13.0. The molecule has 0 aliphatic heterocycles. The second-order valence-electron chi connectivity index (χ2n) is 13.5. The van der Waals surface area contributed by atoms with Crippen LogP contribution in [0.4, 0.5) is 0 Å². The summed E-state index contributed by atoms with van der Waals surface area (Å²) >= 11 is 0. The predicted molar refractivity (Wildman–Crippen MR) is 148 cm³/mol. The Morgan fingerprint density at radius 2 is 1.56 bits per heavy atom. The van der Waals surface area contributed by atoms with Crippen LogP contribution in [-0.2, 0) is 4.79 Å². The summed E-state index contributed by atoms with van der Waals surface area (Å²) in [4.78, 5) is 13.0. The van der Waals surface area contributed by atoms with Gasteiger partial charge in [0.25, 0.3) is 0 Å². The van der Waals surface area contributed by atoms with Crippen LogP contribution >= 0.6 is 0 Å². The first-order valence-corrected chi connectivity index (χ1v) is 14.8. The molecular formula is C33H50O3. The number of aromatic hydroxyl groups is 2. The summed E-state index contributed by atoms with van der Waals surface area (Å²) in [5.74, 6) is 6.37. The number of carbonyl (C=O) groups is 1. The molecule has 0 radical (unpaired) electrons. The zero-order chi connectivity index (χ0) is 26.1. The molecule has 3 heteroatoms. The van der Waals surface area contributed by atoms with Gasteiger partial charge in [-0.15, -0.1) is 0 Å². The van der Waals surface area contributed by atoms with Gasteiger partial charge < -0.3 is 10.2 Å². The molecule has 0 amide bonds. The fraction of sp³-hybridized carbons (Fsp3) is 0.727. The lowest BCUT2D eigenvalue weighted by atomic mass is 9.45. The van der Waals surface area contributed by atoms with E-state index in [2.05, 4.69) is 40.7 Å². The number of rotatable bonds is 5. The molecule has 0 heterocycles. The van der Waals surface area contributed by atoms with Crippen molar-refractivity contribution in [1.82, 2.24) is 0 Å². The lowest BCUT2D eigenvalue weighted by Crippen LogP contribution is -2.55. The fourth-order valence-corrected chi connectivity index (χ4v) is 9.17. The fourth-order valence-electron chi connectivity index (χ4n) is 9.17. The van der Waals surface area contributed by atoms with Crippen LogP contribution in [0.5, 0.6) is 11.5 Å². The molecule has 0 bridgehead atoms. The number of carbonyl (C=O) groups excluding carboxylic acids is 1. The monoisotopic (exact) mass is 494 g/mol. The van der Waals surface area contributed by atoms with E-state index in [1.54, 1.807) is 0 Å². The Balaban J connectivity index is 0.000000325. The van der Waals surface area contributed by atoms with Crippen LogP contribution in [0.2, 0.25) is 0 Å². The molecule has 1 aromatic rings. The number of benzene rings is 1. The average molecular weight is 495 g/mol. The molecule has 3 nitrogen and oxygen atoms in total. The minimum absolute atomic E-state index is 0.0556. The van der Waals surface area contributed by atoms with E-state index < -0.39 is 0 Å². The summed E-state index contributed by atoms with van der Waals surface area (Å²) in [5.41, 5.74) is 0.481. The van der Waals surface area contributed by atoms with E-state index >= 15 is 0 Å². The van der Waals surface area contributed by atoms with Gasteiger partial charge in [-0.05, 0) is 122 Å². The van der Waals surface area contributed by atoms with Crippen molar-refractivity contribution in [3.63, 3.8) is 0 Å². The molecule has 4 aliphatic carbocycles. The second kappa shape index (κ2) is 10.9. The van der Waals surface area contributed by atoms with E-state index in [0.29, 0.717) is 23.0 Å². The third-order valence-corrected chi connectivity index (χ3v) is 11.2. The van der Waals surface area contributed by atoms with E-state index in [1.807, 2.05) is 6.08 Å². The highest BCUT2D eigenvalue weighted by Gasteiger charge is 2.61. The van der Waals surface area contributed by atoms with Gasteiger partial charge in [0, 0.05) is 5.41 Å². The van der Waals surface area contributed by atoms with Crippen molar-refractivity contribution in [1.29, 1.82) is 0 Å². The van der Waals surface area contributed by atoms with Crippen LogP contribution in [0.3, 0.4) is 0 Å². The molecule has 4 aliphatic rings. The Kier molecular flexibility index (Phi) is 8.27. The molecule has 36 heavy (non-hydrogen) atoms. The van der Waals surface area contributed by atoms with E-state index in [9.17, 15) is 4.79 Å². The number of fused-ring (bicyclic) bond motifs is 5. The summed E-state index contributed by atoms with van der Waals surface area (Å²) in [6, 6.07) is 5.70. The van der Waals surface area contributed by atoms with E-state index in [4.69, 9.17) is 10.2 Å². The molecule has 0 spiro atoms. The summed E-state index contributed by atoms with van der Waals surface area (Å²) in [5, 5.41) is 17.3. The van der Waals surface area contributed by atoms with Gasteiger partial charge in [-0.2, -0.15) is 0 Å². The highest BCUT2D eigenvalue weighted by Crippen LogP contribution is 2.67. The molecule has 1 aromatic carbocycles. The Bertz CT molecular complexity index is 896. The number of ketones is 1. The van der Waals surface area contributed by atoms with Gasteiger partial charge in [0.2, 0.25) is 0 Å². The number of allylic oxidation sites excluding steroid dienone is 2. The molecule has 8 atom stereocenters. The molecular weight excluding hydrogens is 444 g/mol. The van der Waals surface area contributed by atoms with Crippen LogP contribution in [0.25, 0.3) is 0 Å². The molecule has 200 valence electrons. The standard InChI is InChI=1S/C27H44O.C6H6O2/c1-18(2)8-6-9-19(3)22-14-15-23-21-13-12-20-10-7-11-25(28)27(20,5)24(21)16-17-26(22,23)4;7-5-1-2-6(8)4-3-5/h7,11,18-24H,6,8-10,12-17H2,1-5H3;1-4,7-8H/t19-,20?,21+,22-,23+,24+,26-,27+;/m1./s1. The van der Waals surface area contributed by atoms with E-state index in [1.165, 1.54) is 82.1 Å². The molecule has 3 fully saturated rings. The molecule has 0 saturated heterocycles. The van der Waals surface area contributed by atoms with Crippen molar-refractivity contribution >= 4 is 5.78 Å². The first-order chi connectivity index (χ1) is 17.1. The van der Waals surface area contributed by atoms with Gasteiger partial charge in [-0.3, -0.25) is 4.79 Å². The van der Waals surface area contributed by atoms with Crippen molar-refractivity contribution < 1.29 is 15.0 Å². The number of phenolic OH excluding ortho intramolecular Hbond substituents is 2. The zero-order valence-electron chi connectivity index (χ0n) is 23.4. The Morgan fingerprint density at radius 3 is 2.19 bits per heavy atom. The SMILES string of the molecule is CC(C)CCC[C@@H](C)[C@H]1CC[C@H]2[C@@H]3CCC4CC=CC(=O)[C@]4(C)[C@H]3CC[C@]12C.Oc1ccc(O)cc1. The van der Waals surface area contributed by atoms with Crippen LogP contribution in [0, 0.1) is 52.3 Å². The number of hydrogen-bond acceptors (Lipinski definition) is 3. The van der Waals surface area contributed by atoms with Gasteiger partial charge in [0.1, 0.15) is 11.5 Å². The van der Waals surface area contributed by atoms with E-state index in [-0.39, 0.29) is 16.9 Å². The smallest absolute Gasteiger partial charge is 0.161 e. The number of hydrogen-bond donors (Lipinski definition) is 2. The Labute approximate surface area is 219 Å². The van der Waals surface area contributed by atoms with E-state index in [0.717, 1.165) is 36.0 Å². The van der Waals surface area contributed by atoms with Gasteiger partial charge in [-0.25, -0.2) is 0 Å². The third-order valence-electron chi connectivity index (χ3n) is 11.2. The van der Waals surface area contributed by atoms with Crippen molar-refractivity contribution in [2.24, 2.45) is 52.3 Å². The van der Waals surface area contributed by atoms with Crippen LogP contribution in [0.1, 0.15) is 98.8 Å². The summed E-state index contributed by atoms with van der Waals surface area (Å²) in [6.45, 7) is 12.3. The van der Waals surface area contributed by atoms with Crippen molar-refractivity contribution in [2.45, 2.75) is 98.8 Å². The third kappa shape index (κ3) is 5.14. The molecule has 1 unspecified atom stereocenters. The highest BCUT2D eigenvalue weighted by atomic mass is 16.3. The normalized spacial score (nSPS) is 37.9. The topological polar surface area (TPSA) is 57.5 Å². The zero-order valence-corrected chi connectivity index (χ0v) is 23.4. The first kappa shape index (κ1) is 27.3. The molecule has 2 N–H and O–H groups in total. The largest absolute Gasteiger partial charge is 0.508 e. The van der Waals surface area contributed by atoms with Gasteiger partial charge in [0.15, 0.2) is 5.78 Å². The minimum atomic E-state index is -0.0556. The highest BCUT2D eigenvalue weighted by molar-refractivity contribution is 5.96. The van der Waals surface area contributed by atoms with Crippen molar-refractivity contribution in [3.05, 3.63) is 36.4 Å². The van der Waals surface area contributed by atoms with Crippen molar-refractivity contribution in [2.75, 3.05) is 0 Å². The average Bonchev–Trinajstić information content (AvgIpc) is 3.19. The minimum Gasteiger partial charge on any atom is -0.508 e. The Morgan fingerprint density at radius 1 is 0.889 bits per heavy atom. The van der Waals surface area contributed by atoms with Crippen LogP contribution < -0.4 is 0 Å². The Hall–Kier alpha value is -1.77. The summed E-state index contributed by atoms with van der Waals surface area (Å²) < 4.78 is 0. The van der Waals surface area contributed by atoms with Crippen molar-refractivity contribution in [3.8, 4) is 11.5 Å². The predicted octanol–water partition coefficient (Wildman–Crippen LogP) is 8.55. The lowest BCUT2D eigenvalue weighted by molar-refractivity contribution is -0.147. The van der Waals surface area contributed by atoms with Crippen LogP contribution in [0.15, 0.2) is 36.4 Å². The molecule has 0 aromatic heterocycles. The quantitative estimate of drug-likeness (QED) is 0.403. The first-order valence-electron chi connectivity index (χ1n) is 14.8. The van der Waals surface area contributed by atoms with Gasteiger partial charge >= 0.3 is 0 Å². The summed E-state index contributed by atoms with van der Waals surface area (Å²) in [7, 11) is 0. The lowest BCUT2D eigenvalue weighted by Gasteiger charge is -2.59. The maximum absolute atomic E-state index is 13.0. The maximum Gasteiger partial charge on any atom is 0.161 e. The van der Waals surface area contributed by atoms with Gasteiger partial charge in [-0.1, -0.05) is 60.0 Å². The van der Waals surface area contributed by atoms with Crippen LogP contribution in [-0.4, -0.2) is 16.0 Å². The number of phenols is 2. The molecule has 5 rings (SSSR count).